The van der Waals surface area contributed by atoms with Crippen molar-refractivity contribution in [2.75, 3.05) is 0 Å². The van der Waals surface area contributed by atoms with E-state index in [1.54, 1.807) is 13.0 Å². The molecule has 2 rings (SSSR count). The maximum atomic E-state index is 13.1. The molecule has 1 aromatic heterocycles. The monoisotopic (exact) mass is 205 g/mol. The van der Waals surface area contributed by atoms with Gasteiger partial charge < -0.3 is 0 Å². The summed E-state index contributed by atoms with van der Waals surface area (Å²) < 4.78 is 13.1. The second-order valence-electron chi connectivity index (χ2n) is 3.20. The summed E-state index contributed by atoms with van der Waals surface area (Å²) in [7, 11) is 0. The van der Waals surface area contributed by atoms with Crippen molar-refractivity contribution in [1.29, 1.82) is 0 Å². The summed E-state index contributed by atoms with van der Waals surface area (Å²) in [5.41, 5.74) is 2.31. The van der Waals surface area contributed by atoms with Crippen LogP contribution < -0.4 is 0 Å². The average Bonchev–Trinajstić information content (AvgIpc) is 2.27. The van der Waals surface area contributed by atoms with E-state index in [0.29, 0.717) is 5.56 Å². The van der Waals surface area contributed by atoms with E-state index in [0.717, 1.165) is 16.6 Å². The van der Waals surface area contributed by atoms with Crippen LogP contribution >= 0.6 is 0 Å². The number of aryl methyl sites for hydroxylation is 2. The highest BCUT2D eigenvalue weighted by molar-refractivity contribution is 5.81. The Morgan fingerprint density at radius 2 is 1.60 bits per heavy atom. The Hall–Kier alpha value is -1.44. The summed E-state index contributed by atoms with van der Waals surface area (Å²) in [6.45, 7) is 7.66. The first-order valence-electron chi connectivity index (χ1n) is 5.21. The molecule has 0 unspecified atom stereocenters. The second kappa shape index (κ2) is 4.87. The maximum Gasteiger partial charge on any atom is 0.128 e. The summed E-state index contributed by atoms with van der Waals surface area (Å²) in [6.07, 6.45) is 0. The zero-order chi connectivity index (χ0) is 11.4. The number of benzene rings is 1. The van der Waals surface area contributed by atoms with Crippen molar-refractivity contribution in [3.63, 3.8) is 0 Å². The number of pyridine rings is 1. The van der Waals surface area contributed by atoms with Gasteiger partial charge in [0.15, 0.2) is 0 Å². The highest BCUT2D eigenvalue weighted by atomic mass is 19.1. The SMILES string of the molecule is CC.Cc1ccc2ccc(F)c(C)c2n1. The molecule has 0 radical (unpaired) electrons. The number of hydrogen-bond acceptors (Lipinski definition) is 1. The number of hydrogen-bond donors (Lipinski definition) is 0. The molecule has 0 aliphatic carbocycles. The van der Waals surface area contributed by atoms with Crippen molar-refractivity contribution in [2.45, 2.75) is 27.7 Å². The molecule has 0 N–H and O–H groups in total. The van der Waals surface area contributed by atoms with Gasteiger partial charge in [0.25, 0.3) is 0 Å². The Morgan fingerprint density at radius 1 is 1.00 bits per heavy atom. The fourth-order valence-electron chi connectivity index (χ4n) is 1.40. The lowest BCUT2D eigenvalue weighted by Crippen LogP contribution is -1.89. The van der Waals surface area contributed by atoms with E-state index in [1.807, 2.05) is 32.9 Å². The Kier molecular flexibility index (Phi) is 3.78. The minimum absolute atomic E-state index is 0.189. The van der Waals surface area contributed by atoms with Crippen LogP contribution in [0.4, 0.5) is 4.39 Å². The van der Waals surface area contributed by atoms with E-state index in [1.165, 1.54) is 6.07 Å². The molecule has 2 heteroatoms. The lowest BCUT2D eigenvalue weighted by Gasteiger charge is -2.02. The van der Waals surface area contributed by atoms with Gasteiger partial charge in [-0.15, -0.1) is 0 Å². The van der Waals surface area contributed by atoms with Crippen molar-refractivity contribution in [3.8, 4) is 0 Å². The minimum atomic E-state index is -0.189. The van der Waals surface area contributed by atoms with Crippen LogP contribution in [-0.2, 0) is 0 Å². The lowest BCUT2D eigenvalue weighted by atomic mass is 10.1. The molecule has 0 atom stereocenters. The number of rotatable bonds is 0. The molecule has 0 saturated heterocycles. The molecule has 0 aliphatic rings. The molecule has 0 fully saturated rings. The van der Waals surface area contributed by atoms with Gasteiger partial charge in [-0.05, 0) is 32.0 Å². The maximum absolute atomic E-state index is 13.1. The smallest absolute Gasteiger partial charge is 0.128 e. The van der Waals surface area contributed by atoms with Crippen molar-refractivity contribution in [2.24, 2.45) is 0 Å². The van der Waals surface area contributed by atoms with Crippen LogP contribution in [-0.4, -0.2) is 4.98 Å². The Bertz CT molecular complexity index is 458. The van der Waals surface area contributed by atoms with Crippen molar-refractivity contribution >= 4 is 10.9 Å². The Labute approximate surface area is 90.0 Å². The molecule has 0 aliphatic heterocycles. The van der Waals surface area contributed by atoms with E-state index in [9.17, 15) is 4.39 Å². The molecular weight excluding hydrogens is 189 g/mol. The summed E-state index contributed by atoms with van der Waals surface area (Å²) in [6, 6.07) is 7.13. The minimum Gasteiger partial charge on any atom is -0.253 e. The van der Waals surface area contributed by atoms with Gasteiger partial charge in [0.2, 0.25) is 0 Å². The number of nitrogens with zero attached hydrogens (tertiary/aromatic N) is 1. The molecule has 1 nitrogen and oxygen atoms in total. The van der Waals surface area contributed by atoms with Crippen molar-refractivity contribution in [1.82, 2.24) is 4.98 Å². The van der Waals surface area contributed by atoms with Crippen LogP contribution in [0.2, 0.25) is 0 Å². The largest absolute Gasteiger partial charge is 0.253 e. The van der Waals surface area contributed by atoms with Gasteiger partial charge in [-0.3, -0.25) is 4.98 Å². The summed E-state index contributed by atoms with van der Waals surface area (Å²) in [4.78, 5) is 4.30. The topological polar surface area (TPSA) is 12.9 Å². The molecule has 1 heterocycles. The molecule has 15 heavy (non-hydrogen) atoms. The first-order valence-corrected chi connectivity index (χ1v) is 5.21. The lowest BCUT2D eigenvalue weighted by molar-refractivity contribution is 0.620. The van der Waals surface area contributed by atoms with Gasteiger partial charge in [0.1, 0.15) is 5.82 Å². The van der Waals surface area contributed by atoms with E-state index < -0.39 is 0 Å². The van der Waals surface area contributed by atoms with Crippen LogP contribution in [0, 0.1) is 19.7 Å². The van der Waals surface area contributed by atoms with Gasteiger partial charge in [0.05, 0.1) is 5.52 Å². The van der Waals surface area contributed by atoms with Crippen LogP contribution in [0.5, 0.6) is 0 Å². The van der Waals surface area contributed by atoms with Gasteiger partial charge in [-0.1, -0.05) is 19.9 Å². The zero-order valence-electron chi connectivity index (χ0n) is 9.63. The van der Waals surface area contributed by atoms with Gasteiger partial charge >= 0.3 is 0 Å². The third kappa shape index (κ3) is 2.32. The normalized spacial score (nSPS) is 9.67. The van der Waals surface area contributed by atoms with E-state index >= 15 is 0 Å². The Morgan fingerprint density at radius 3 is 2.27 bits per heavy atom. The van der Waals surface area contributed by atoms with Gasteiger partial charge in [-0.2, -0.15) is 0 Å². The van der Waals surface area contributed by atoms with Gasteiger partial charge in [0, 0.05) is 16.6 Å². The summed E-state index contributed by atoms with van der Waals surface area (Å²) >= 11 is 0. The molecule has 0 saturated carbocycles. The number of halogens is 1. The highest BCUT2D eigenvalue weighted by Crippen LogP contribution is 2.18. The first kappa shape index (κ1) is 11.6. The molecule has 0 spiro atoms. The fourth-order valence-corrected chi connectivity index (χ4v) is 1.40. The van der Waals surface area contributed by atoms with Crippen LogP contribution in [0.3, 0.4) is 0 Å². The summed E-state index contributed by atoms with van der Waals surface area (Å²) in [5, 5.41) is 0.990. The number of aromatic nitrogens is 1. The van der Waals surface area contributed by atoms with Crippen LogP contribution in [0.15, 0.2) is 24.3 Å². The molecule has 0 bridgehead atoms. The van der Waals surface area contributed by atoms with Gasteiger partial charge in [-0.25, -0.2) is 4.39 Å². The predicted molar refractivity (Wildman–Crippen MR) is 62.5 cm³/mol. The molecule has 2 aromatic rings. The van der Waals surface area contributed by atoms with Crippen molar-refractivity contribution in [3.05, 3.63) is 41.3 Å². The van der Waals surface area contributed by atoms with E-state index in [-0.39, 0.29) is 5.82 Å². The standard InChI is InChI=1S/C11H10FN.C2H6/c1-7-3-4-9-5-6-10(12)8(2)11(9)13-7;1-2/h3-6H,1-2H3;1-2H3. The number of fused-ring (bicyclic) bond motifs is 1. The van der Waals surface area contributed by atoms with Crippen LogP contribution in [0.25, 0.3) is 10.9 Å². The third-order valence-electron chi connectivity index (χ3n) is 2.19. The first-order chi connectivity index (χ1) is 7.18. The Balaban J connectivity index is 0.000000531. The fraction of sp³-hybridized carbons (Fsp3) is 0.308. The second-order valence-corrected chi connectivity index (χ2v) is 3.20. The molecule has 0 amide bonds. The van der Waals surface area contributed by atoms with Crippen LogP contribution in [0.1, 0.15) is 25.1 Å². The highest BCUT2D eigenvalue weighted by Gasteiger charge is 2.03. The predicted octanol–water partition coefficient (Wildman–Crippen LogP) is 4.02. The quantitative estimate of drug-likeness (QED) is 0.633. The third-order valence-corrected chi connectivity index (χ3v) is 2.19. The molecule has 80 valence electrons. The van der Waals surface area contributed by atoms with E-state index in [2.05, 4.69) is 4.98 Å². The van der Waals surface area contributed by atoms with Crippen molar-refractivity contribution < 1.29 is 4.39 Å². The zero-order valence-corrected chi connectivity index (χ0v) is 9.63. The van der Waals surface area contributed by atoms with E-state index in [4.69, 9.17) is 0 Å². The average molecular weight is 205 g/mol. The molecular formula is C13H16FN. The molecule has 1 aromatic carbocycles. The summed E-state index contributed by atoms with van der Waals surface area (Å²) in [5.74, 6) is -0.189.